The molecule has 0 atom stereocenters. The van der Waals surface area contributed by atoms with Gasteiger partial charge in [0, 0.05) is 17.5 Å². The number of hydrogen-bond acceptors (Lipinski definition) is 6. The van der Waals surface area contributed by atoms with Crippen molar-refractivity contribution >= 4 is 21.4 Å². The molecule has 0 aromatic carbocycles. The molecule has 0 radical (unpaired) electrons. The minimum absolute atomic E-state index is 0.0962. The average Bonchev–Trinajstić information content (AvgIpc) is 2.93. The van der Waals surface area contributed by atoms with Crippen LogP contribution >= 0.6 is 11.3 Å². The maximum Gasteiger partial charge on any atom is 0.242 e. The van der Waals surface area contributed by atoms with E-state index in [2.05, 4.69) is 9.88 Å². The van der Waals surface area contributed by atoms with Crippen LogP contribution in [0.4, 0.5) is 0 Å². The number of sulfonamides is 1. The lowest BCUT2D eigenvalue weighted by Gasteiger charge is -2.07. The maximum absolute atomic E-state index is 12.3. The summed E-state index contributed by atoms with van der Waals surface area (Å²) >= 11 is 1.35. The van der Waals surface area contributed by atoms with Crippen LogP contribution in [0.1, 0.15) is 21.9 Å². The summed E-state index contributed by atoms with van der Waals surface area (Å²) in [5.41, 5.74) is 6.81. The molecule has 2 heterocycles. The van der Waals surface area contributed by atoms with Crippen LogP contribution in [0.25, 0.3) is 0 Å². The SMILES string of the molecule is Cc1cc(CNS(=O)(=O)c2c(C)csc2CN)no1. The van der Waals surface area contributed by atoms with E-state index in [1.807, 2.05) is 0 Å². The largest absolute Gasteiger partial charge is 0.361 e. The van der Waals surface area contributed by atoms with Crippen LogP contribution in [0, 0.1) is 13.8 Å². The molecule has 2 rings (SSSR count). The van der Waals surface area contributed by atoms with Crippen molar-refractivity contribution in [3.8, 4) is 0 Å². The van der Waals surface area contributed by atoms with E-state index in [4.69, 9.17) is 10.3 Å². The first-order valence-corrected chi connectivity index (χ1v) is 7.99. The Hall–Kier alpha value is -1.22. The van der Waals surface area contributed by atoms with E-state index in [1.54, 1.807) is 25.3 Å². The summed E-state index contributed by atoms with van der Waals surface area (Å²) in [5.74, 6) is 0.642. The molecule has 2 aromatic heterocycles. The molecule has 0 amide bonds. The van der Waals surface area contributed by atoms with Gasteiger partial charge in [0.15, 0.2) is 0 Å². The van der Waals surface area contributed by atoms with Crippen molar-refractivity contribution < 1.29 is 12.9 Å². The van der Waals surface area contributed by atoms with Crippen molar-refractivity contribution in [1.29, 1.82) is 0 Å². The second-order valence-corrected chi connectivity index (χ2v) is 6.80. The van der Waals surface area contributed by atoms with Gasteiger partial charge < -0.3 is 10.3 Å². The number of nitrogens with two attached hydrogens (primary N) is 1. The monoisotopic (exact) mass is 301 g/mol. The first-order valence-electron chi connectivity index (χ1n) is 5.63. The minimum atomic E-state index is -3.58. The van der Waals surface area contributed by atoms with Crippen molar-refractivity contribution in [3.63, 3.8) is 0 Å². The molecule has 8 heteroatoms. The molecule has 104 valence electrons. The summed E-state index contributed by atoms with van der Waals surface area (Å²) in [6.07, 6.45) is 0. The highest BCUT2D eigenvalue weighted by atomic mass is 32.2. The Morgan fingerprint density at radius 1 is 1.47 bits per heavy atom. The predicted octanol–water partition coefficient (Wildman–Crippen LogP) is 1.29. The number of aromatic nitrogens is 1. The Kier molecular flexibility index (Phi) is 4.04. The van der Waals surface area contributed by atoms with Gasteiger partial charge in [0.2, 0.25) is 10.0 Å². The summed E-state index contributed by atoms with van der Waals surface area (Å²) in [5, 5.41) is 5.53. The molecular weight excluding hydrogens is 286 g/mol. The van der Waals surface area contributed by atoms with Crippen molar-refractivity contribution in [2.24, 2.45) is 5.73 Å². The minimum Gasteiger partial charge on any atom is -0.361 e. The Morgan fingerprint density at radius 2 is 2.21 bits per heavy atom. The van der Waals surface area contributed by atoms with Crippen LogP contribution in [0.2, 0.25) is 0 Å². The summed E-state index contributed by atoms with van der Waals surface area (Å²) < 4.78 is 31.9. The van der Waals surface area contributed by atoms with Crippen molar-refractivity contribution in [2.75, 3.05) is 0 Å². The Balaban J connectivity index is 2.20. The van der Waals surface area contributed by atoms with Crippen molar-refractivity contribution in [1.82, 2.24) is 9.88 Å². The smallest absolute Gasteiger partial charge is 0.242 e. The number of hydrogen-bond donors (Lipinski definition) is 2. The Labute approximate surface area is 115 Å². The fourth-order valence-electron chi connectivity index (χ4n) is 1.73. The van der Waals surface area contributed by atoms with Gasteiger partial charge in [0.05, 0.1) is 12.2 Å². The van der Waals surface area contributed by atoms with Crippen LogP contribution in [0.3, 0.4) is 0 Å². The molecular formula is C11H15N3O3S2. The molecule has 19 heavy (non-hydrogen) atoms. The molecule has 0 spiro atoms. The lowest BCUT2D eigenvalue weighted by molar-refractivity contribution is 0.390. The predicted molar refractivity (Wildman–Crippen MR) is 72.2 cm³/mol. The van der Waals surface area contributed by atoms with Crippen LogP contribution < -0.4 is 10.5 Å². The molecule has 0 bridgehead atoms. The molecule has 6 nitrogen and oxygen atoms in total. The van der Waals surface area contributed by atoms with Crippen LogP contribution in [-0.4, -0.2) is 13.6 Å². The van der Waals surface area contributed by atoms with Gasteiger partial charge in [0.1, 0.15) is 10.7 Å². The van der Waals surface area contributed by atoms with E-state index in [0.717, 1.165) is 0 Å². The quantitative estimate of drug-likeness (QED) is 0.867. The molecule has 2 aromatic rings. The van der Waals surface area contributed by atoms with Gasteiger partial charge in [-0.25, -0.2) is 13.1 Å². The van der Waals surface area contributed by atoms with Crippen molar-refractivity contribution in [3.05, 3.63) is 33.3 Å². The molecule has 0 saturated carbocycles. The zero-order valence-corrected chi connectivity index (χ0v) is 12.3. The third-order valence-corrected chi connectivity index (χ3v) is 5.45. The average molecular weight is 301 g/mol. The van der Waals surface area contributed by atoms with Gasteiger partial charge >= 0.3 is 0 Å². The molecule has 3 N–H and O–H groups in total. The summed E-state index contributed by atoms with van der Waals surface area (Å²) in [6, 6.07) is 1.69. The summed E-state index contributed by atoms with van der Waals surface area (Å²) in [4.78, 5) is 0.932. The third-order valence-electron chi connectivity index (χ3n) is 2.56. The number of nitrogens with zero attached hydrogens (tertiary/aromatic N) is 1. The van der Waals surface area contributed by atoms with E-state index in [-0.39, 0.29) is 18.0 Å². The van der Waals surface area contributed by atoms with Gasteiger partial charge in [0.25, 0.3) is 0 Å². The number of thiophene rings is 1. The second kappa shape index (κ2) is 5.41. The highest BCUT2D eigenvalue weighted by Gasteiger charge is 2.22. The molecule has 0 aliphatic carbocycles. The first-order chi connectivity index (χ1) is 8.94. The third kappa shape index (κ3) is 3.03. The number of nitrogens with one attached hydrogen (secondary N) is 1. The zero-order chi connectivity index (χ0) is 14.0. The highest BCUT2D eigenvalue weighted by molar-refractivity contribution is 7.89. The standard InChI is InChI=1S/C11H15N3O3S2/c1-7-6-18-10(4-12)11(7)19(15,16)13-5-9-3-8(2)17-14-9/h3,6,13H,4-5,12H2,1-2H3. The van der Waals surface area contributed by atoms with Gasteiger partial charge in [-0.1, -0.05) is 5.16 Å². The second-order valence-electron chi connectivity index (χ2n) is 4.13. The van der Waals surface area contributed by atoms with E-state index in [1.165, 1.54) is 11.3 Å². The van der Waals surface area contributed by atoms with E-state index in [9.17, 15) is 8.42 Å². The normalized spacial score (nSPS) is 11.9. The number of rotatable bonds is 5. The summed E-state index contributed by atoms with van der Waals surface area (Å²) in [6.45, 7) is 3.81. The molecule has 0 saturated heterocycles. The lowest BCUT2D eigenvalue weighted by Crippen LogP contribution is -2.24. The Bertz CT molecular complexity index is 673. The molecule has 0 aliphatic rings. The topological polar surface area (TPSA) is 98.2 Å². The van der Waals surface area contributed by atoms with E-state index in [0.29, 0.717) is 21.9 Å². The van der Waals surface area contributed by atoms with Crippen LogP contribution in [-0.2, 0) is 23.1 Å². The highest BCUT2D eigenvalue weighted by Crippen LogP contribution is 2.26. The lowest BCUT2D eigenvalue weighted by atomic mass is 10.3. The van der Waals surface area contributed by atoms with E-state index < -0.39 is 10.0 Å². The maximum atomic E-state index is 12.3. The number of aryl methyl sites for hydroxylation is 2. The summed E-state index contributed by atoms with van der Waals surface area (Å²) in [7, 11) is -3.58. The van der Waals surface area contributed by atoms with Gasteiger partial charge in [-0.2, -0.15) is 0 Å². The van der Waals surface area contributed by atoms with Crippen LogP contribution in [0.5, 0.6) is 0 Å². The Morgan fingerprint density at radius 3 is 2.79 bits per heavy atom. The van der Waals surface area contributed by atoms with E-state index >= 15 is 0 Å². The fraction of sp³-hybridized carbons (Fsp3) is 0.364. The molecule has 0 unspecified atom stereocenters. The van der Waals surface area contributed by atoms with Gasteiger partial charge in [-0.3, -0.25) is 0 Å². The van der Waals surface area contributed by atoms with Gasteiger partial charge in [-0.05, 0) is 24.8 Å². The molecule has 0 aliphatic heterocycles. The fourth-order valence-corrected chi connectivity index (χ4v) is 4.43. The zero-order valence-electron chi connectivity index (χ0n) is 10.6. The first kappa shape index (κ1) is 14.2. The van der Waals surface area contributed by atoms with Gasteiger partial charge in [-0.15, -0.1) is 11.3 Å². The molecule has 0 fully saturated rings. The van der Waals surface area contributed by atoms with Crippen LogP contribution in [0.15, 0.2) is 20.9 Å². The van der Waals surface area contributed by atoms with Crippen molar-refractivity contribution in [2.45, 2.75) is 31.8 Å².